The highest BCUT2D eigenvalue weighted by atomic mass is 19.4. The van der Waals surface area contributed by atoms with E-state index in [0.29, 0.717) is 18.0 Å². The minimum absolute atomic E-state index is 0.000234. The summed E-state index contributed by atoms with van der Waals surface area (Å²) in [5, 5.41) is 6.04. The SMILES string of the molecule is Cc1cc(N2CCC(C(F)(F)F)C2)ccc1Nc1ccc2c(c1)NC(=O)CO2. The van der Waals surface area contributed by atoms with Crippen LogP contribution in [0, 0.1) is 12.8 Å². The summed E-state index contributed by atoms with van der Waals surface area (Å²) in [4.78, 5) is 13.2. The Bertz CT molecular complexity index is 914. The zero-order valence-corrected chi connectivity index (χ0v) is 15.3. The van der Waals surface area contributed by atoms with E-state index in [4.69, 9.17) is 4.74 Å². The number of carbonyl (C=O) groups excluding carboxylic acids is 1. The molecule has 0 bridgehead atoms. The number of aryl methyl sites for hydroxylation is 1. The van der Waals surface area contributed by atoms with Crippen LogP contribution in [0.25, 0.3) is 0 Å². The standard InChI is InChI=1S/C20H20F3N3O2/c1-12-8-15(26-7-6-13(10-26)20(21,22)23)3-4-16(12)24-14-2-5-18-17(9-14)25-19(27)11-28-18/h2-5,8-9,13,24H,6-7,10-11H2,1H3,(H,25,27). The van der Waals surface area contributed by atoms with Crippen LogP contribution in [0.15, 0.2) is 36.4 Å². The molecule has 2 aliphatic rings. The fourth-order valence-electron chi connectivity index (χ4n) is 3.56. The van der Waals surface area contributed by atoms with E-state index in [9.17, 15) is 18.0 Å². The second kappa shape index (κ2) is 6.92. The average Bonchev–Trinajstić information content (AvgIpc) is 3.13. The highest BCUT2D eigenvalue weighted by molar-refractivity contribution is 5.96. The van der Waals surface area contributed by atoms with Crippen LogP contribution in [0.5, 0.6) is 5.75 Å². The number of ether oxygens (including phenoxy) is 1. The largest absolute Gasteiger partial charge is 0.482 e. The molecule has 1 saturated heterocycles. The lowest BCUT2D eigenvalue weighted by molar-refractivity contribution is -0.168. The van der Waals surface area contributed by atoms with E-state index in [0.717, 1.165) is 22.6 Å². The summed E-state index contributed by atoms with van der Waals surface area (Å²) >= 11 is 0. The lowest BCUT2D eigenvalue weighted by atomic mass is 10.1. The van der Waals surface area contributed by atoms with E-state index in [1.165, 1.54) is 0 Å². The van der Waals surface area contributed by atoms with Gasteiger partial charge in [-0.25, -0.2) is 0 Å². The summed E-state index contributed by atoms with van der Waals surface area (Å²) in [5.41, 5.74) is 3.94. The van der Waals surface area contributed by atoms with Gasteiger partial charge in [0.05, 0.1) is 11.6 Å². The molecule has 8 heteroatoms. The first-order valence-electron chi connectivity index (χ1n) is 9.05. The molecule has 2 aliphatic heterocycles. The number of hydrogen-bond donors (Lipinski definition) is 2. The molecule has 2 aromatic carbocycles. The van der Waals surface area contributed by atoms with Crippen molar-refractivity contribution < 1.29 is 22.7 Å². The Labute approximate surface area is 160 Å². The van der Waals surface area contributed by atoms with Gasteiger partial charge < -0.3 is 20.3 Å². The second-order valence-corrected chi connectivity index (χ2v) is 7.15. The van der Waals surface area contributed by atoms with Crippen molar-refractivity contribution in [3.63, 3.8) is 0 Å². The topological polar surface area (TPSA) is 53.6 Å². The number of alkyl halides is 3. The van der Waals surface area contributed by atoms with Crippen molar-refractivity contribution in [2.45, 2.75) is 19.5 Å². The van der Waals surface area contributed by atoms with Crippen LogP contribution >= 0.6 is 0 Å². The molecule has 1 fully saturated rings. The Morgan fingerprint density at radius 2 is 2.04 bits per heavy atom. The van der Waals surface area contributed by atoms with Gasteiger partial charge in [0, 0.05) is 30.2 Å². The van der Waals surface area contributed by atoms with Crippen molar-refractivity contribution in [1.82, 2.24) is 0 Å². The van der Waals surface area contributed by atoms with Gasteiger partial charge in [0.25, 0.3) is 5.91 Å². The maximum Gasteiger partial charge on any atom is 0.393 e. The van der Waals surface area contributed by atoms with E-state index in [2.05, 4.69) is 10.6 Å². The normalized spacial score (nSPS) is 19.1. The zero-order valence-electron chi connectivity index (χ0n) is 15.3. The van der Waals surface area contributed by atoms with Crippen LogP contribution in [-0.2, 0) is 4.79 Å². The maximum absolute atomic E-state index is 12.9. The van der Waals surface area contributed by atoms with Gasteiger partial charge in [-0.2, -0.15) is 13.2 Å². The molecule has 0 aliphatic carbocycles. The van der Waals surface area contributed by atoms with Gasteiger partial charge in [0.2, 0.25) is 0 Å². The fraction of sp³-hybridized carbons (Fsp3) is 0.350. The minimum atomic E-state index is -4.14. The third kappa shape index (κ3) is 3.72. The van der Waals surface area contributed by atoms with E-state index in [1.54, 1.807) is 17.0 Å². The molecule has 5 nitrogen and oxygen atoms in total. The van der Waals surface area contributed by atoms with Gasteiger partial charge in [0.15, 0.2) is 6.61 Å². The number of hydrogen-bond acceptors (Lipinski definition) is 4. The lowest BCUT2D eigenvalue weighted by Crippen LogP contribution is -2.27. The van der Waals surface area contributed by atoms with Gasteiger partial charge in [-0.1, -0.05) is 0 Å². The first-order valence-corrected chi connectivity index (χ1v) is 9.05. The number of fused-ring (bicyclic) bond motifs is 1. The number of benzene rings is 2. The summed E-state index contributed by atoms with van der Waals surface area (Å²) in [6.45, 7) is 2.32. The first-order chi connectivity index (χ1) is 13.3. The molecule has 4 rings (SSSR count). The molecule has 2 N–H and O–H groups in total. The molecule has 0 radical (unpaired) electrons. The molecule has 148 valence electrons. The van der Waals surface area contributed by atoms with Crippen LogP contribution in [-0.4, -0.2) is 31.8 Å². The Morgan fingerprint density at radius 1 is 1.21 bits per heavy atom. The summed E-state index contributed by atoms with van der Waals surface area (Å²) in [6.07, 6.45) is -4.01. The predicted octanol–water partition coefficient (Wildman–Crippen LogP) is 4.46. The minimum Gasteiger partial charge on any atom is -0.482 e. The molecule has 0 spiro atoms. The molecule has 1 unspecified atom stereocenters. The Kier molecular flexibility index (Phi) is 4.56. The van der Waals surface area contributed by atoms with E-state index in [1.807, 2.05) is 31.2 Å². The van der Waals surface area contributed by atoms with Gasteiger partial charge in [-0.3, -0.25) is 4.79 Å². The van der Waals surface area contributed by atoms with Crippen LogP contribution in [0.1, 0.15) is 12.0 Å². The average molecular weight is 391 g/mol. The summed E-state index contributed by atoms with van der Waals surface area (Å²) in [6, 6.07) is 11.0. The highest BCUT2D eigenvalue weighted by Gasteiger charge is 2.43. The molecule has 1 atom stereocenters. The van der Waals surface area contributed by atoms with Crippen molar-refractivity contribution in [3.8, 4) is 5.75 Å². The summed E-state index contributed by atoms with van der Waals surface area (Å²) in [7, 11) is 0. The zero-order chi connectivity index (χ0) is 19.9. The smallest absolute Gasteiger partial charge is 0.393 e. The van der Waals surface area contributed by atoms with Crippen LogP contribution in [0.3, 0.4) is 0 Å². The van der Waals surface area contributed by atoms with Crippen LogP contribution in [0.2, 0.25) is 0 Å². The van der Waals surface area contributed by atoms with Gasteiger partial charge >= 0.3 is 6.18 Å². The van der Waals surface area contributed by atoms with Crippen molar-refractivity contribution >= 4 is 28.7 Å². The first kappa shape index (κ1) is 18.5. The molecule has 2 heterocycles. The predicted molar refractivity (Wildman–Crippen MR) is 101 cm³/mol. The number of anilines is 4. The van der Waals surface area contributed by atoms with Crippen LogP contribution in [0.4, 0.5) is 35.9 Å². The highest BCUT2D eigenvalue weighted by Crippen LogP contribution is 2.37. The van der Waals surface area contributed by atoms with E-state index >= 15 is 0 Å². The van der Waals surface area contributed by atoms with E-state index < -0.39 is 12.1 Å². The summed E-state index contributed by atoms with van der Waals surface area (Å²) < 4.78 is 44.1. The number of carbonyl (C=O) groups is 1. The van der Waals surface area contributed by atoms with Crippen LogP contribution < -0.4 is 20.3 Å². The van der Waals surface area contributed by atoms with Crippen molar-refractivity contribution in [2.24, 2.45) is 5.92 Å². The third-order valence-electron chi connectivity index (χ3n) is 5.12. The number of rotatable bonds is 3. The summed E-state index contributed by atoms with van der Waals surface area (Å²) in [5.74, 6) is -0.850. The number of halogens is 3. The number of amides is 1. The monoisotopic (exact) mass is 391 g/mol. The Balaban J connectivity index is 1.48. The fourth-order valence-corrected chi connectivity index (χ4v) is 3.56. The van der Waals surface area contributed by atoms with Gasteiger partial charge in [-0.15, -0.1) is 0 Å². The molecule has 1 amide bonds. The van der Waals surface area contributed by atoms with Gasteiger partial charge in [-0.05, 0) is 55.3 Å². The second-order valence-electron chi connectivity index (χ2n) is 7.15. The van der Waals surface area contributed by atoms with Crippen molar-refractivity contribution in [3.05, 3.63) is 42.0 Å². The Morgan fingerprint density at radius 3 is 2.75 bits per heavy atom. The molecule has 0 aromatic heterocycles. The molecular weight excluding hydrogens is 371 g/mol. The lowest BCUT2D eigenvalue weighted by Gasteiger charge is -2.22. The molecular formula is C20H20F3N3O2. The molecule has 2 aromatic rings. The number of nitrogens with one attached hydrogen (secondary N) is 2. The van der Waals surface area contributed by atoms with Crippen molar-refractivity contribution in [1.29, 1.82) is 0 Å². The van der Waals surface area contributed by atoms with E-state index in [-0.39, 0.29) is 25.5 Å². The molecule has 28 heavy (non-hydrogen) atoms. The van der Waals surface area contributed by atoms with Gasteiger partial charge in [0.1, 0.15) is 5.75 Å². The maximum atomic E-state index is 12.9. The molecule has 0 saturated carbocycles. The third-order valence-corrected chi connectivity index (χ3v) is 5.12. The Hall–Kier alpha value is -2.90. The quantitative estimate of drug-likeness (QED) is 0.811. The number of nitrogens with zero attached hydrogens (tertiary/aromatic N) is 1. The van der Waals surface area contributed by atoms with Crippen molar-refractivity contribution in [2.75, 3.05) is 35.2 Å².